The van der Waals surface area contributed by atoms with Gasteiger partial charge in [-0.1, -0.05) is 35.9 Å². The van der Waals surface area contributed by atoms with E-state index in [4.69, 9.17) is 16.3 Å². The zero-order valence-corrected chi connectivity index (χ0v) is 19.6. The molecule has 0 saturated carbocycles. The van der Waals surface area contributed by atoms with Crippen LogP contribution in [0.25, 0.3) is 0 Å². The van der Waals surface area contributed by atoms with Crippen molar-refractivity contribution in [2.75, 3.05) is 31.1 Å². The van der Waals surface area contributed by atoms with Crippen molar-refractivity contribution in [2.24, 2.45) is 0 Å². The summed E-state index contributed by atoms with van der Waals surface area (Å²) >= 11 is 7.94. The Kier molecular flexibility index (Phi) is 6.24. The minimum atomic E-state index is -0.107. The molecule has 2 aliphatic rings. The van der Waals surface area contributed by atoms with Gasteiger partial charge in [0.2, 0.25) is 5.91 Å². The fraction of sp³-hybridized carbons (Fsp3) is 0.280. The van der Waals surface area contributed by atoms with Crippen molar-refractivity contribution < 1.29 is 14.3 Å². The third-order valence-corrected chi connectivity index (χ3v) is 7.20. The van der Waals surface area contributed by atoms with E-state index in [0.29, 0.717) is 55.6 Å². The number of halogens is 1. The Bertz CT molecular complexity index is 1160. The molecular formula is C25H24ClN3O3S. The van der Waals surface area contributed by atoms with Gasteiger partial charge in [-0.25, -0.2) is 4.79 Å². The fourth-order valence-corrected chi connectivity index (χ4v) is 5.10. The van der Waals surface area contributed by atoms with Crippen molar-refractivity contribution >= 4 is 40.6 Å². The van der Waals surface area contributed by atoms with Crippen molar-refractivity contribution in [2.45, 2.75) is 19.4 Å². The van der Waals surface area contributed by atoms with Gasteiger partial charge in [-0.05, 0) is 42.1 Å². The third-order valence-electron chi connectivity index (χ3n) is 6.03. The monoisotopic (exact) mass is 481 g/mol. The van der Waals surface area contributed by atoms with Crippen LogP contribution in [0.2, 0.25) is 5.02 Å². The molecule has 0 spiro atoms. The zero-order chi connectivity index (χ0) is 22.8. The summed E-state index contributed by atoms with van der Waals surface area (Å²) in [6, 6.07) is 17.0. The van der Waals surface area contributed by atoms with Crippen LogP contribution < -0.4 is 9.64 Å². The van der Waals surface area contributed by atoms with E-state index < -0.39 is 0 Å². The van der Waals surface area contributed by atoms with Gasteiger partial charge in [0.25, 0.3) is 0 Å². The number of hydrogen-bond donors (Lipinski definition) is 0. The van der Waals surface area contributed by atoms with Crippen molar-refractivity contribution in [1.82, 2.24) is 9.80 Å². The van der Waals surface area contributed by atoms with Crippen LogP contribution in [0.4, 0.5) is 10.5 Å². The van der Waals surface area contributed by atoms with Gasteiger partial charge in [-0.15, -0.1) is 11.3 Å². The van der Waals surface area contributed by atoms with Crippen molar-refractivity contribution in [3.8, 4) is 11.5 Å². The molecule has 2 aromatic carbocycles. The van der Waals surface area contributed by atoms with Crippen LogP contribution in [-0.4, -0.2) is 47.9 Å². The van der Waals surface area contributed by atoms with Gasteiger partial charge in [-0.3, -0.25) is 9.69 Å². The lowest BCUT2D eigenvalue weighted by Gasteiger charge is -2.37. The fourth-order valence-electron chi connectivity index (χ4n) is 4.23. The van der Waals surface area contributed by atoms with Crippen LogP contribution in [0.1, 0.15) is 16.9 Å². The van der Waals surface area contributed by atoms with E-state index in [1.165, 1.54) is 4.88 Å². The molecule has 0 atom stereocenters. The molecule has 33 heavy (non-hydrogen) atoms. The van der Waals surface area contributed by atoms with Gasteiger partial charge in [0.05, 0.1) is 12.2 Å². The van der Waals surface area contributed by atoms with E-state index in [2.05, 4.69) is 6.07 Å². The molecule has 0 aliphatic carbocycles. The first kappa shape index (κ1) is 21.8. The number of nitrogens with zero attached hydrogens (tertiary/aromatic N) is 3. The molecule has 5 rings (SSSR count). The minimum Gasteiger partial charge on any atom is -0.455 e. The maximum absolute atomic E-state index is 13.6. The molecule has 3 amide bonds. The molecule has 0 unspecified atom stereocenters. The third kappa shape index (κ3) is 4.70. The van der Waals surface area contributed by atoms with Crippen molar-refractivity contribution in [3.63, 3.8) is 0 Å². The van der Waals surface area contributed by atoms with E-state index in [1.807, 2.05) is 45.5 Å². The first-order chi connectivity index (χ1) is 16.1. The number of hydrogen-bond acceptors (Lipinski definition) is 4. The molecule has 1 saturated heterocycles. The number of ether oxygens (including phenoxy) is 1. The Morgan fingerprint density at radius 1 is 0.939 bits per heavy atom. The van der Waals surface area contributed by atoms with Crippen LogP contribution in [0, 0.1) is 0 Å². The van der Waals surface area contributed by atoms with Gasteiger partial charge in [-0.2, -0.15) is 0 Å². The van der Waals surface area contributed by atoms with E-state index >= 15 is 0 Å². The van der Waals surface area contributed by atoms with Gasteiger partial charge in [0.1, 0.15) is 5.75 Å². The first-order valence-electron chi connectivity index (χ1n) is 11.0. The predicted molar refractivity (Wildman–Crippen MR) is 130 cm³/mol. The van der Waals surface area contributed by atoms with Gasteiger partial charge in [0.15, 0.2) is 5.75 Å². The molecule has 2 aliphatic heterocycles. The second-order valence-electron chi connectivity index (χ2n) is 8.14. The summed E-state index contributed by atoms with van der Waals surface area (Å²) in [4.78, 5) is 32.9. The molecule has 3 aromatic rings. The highest BCUT2D eigenvalue weighted by Gasteiger charge is 2.31. The van der Waals surface area contributed by atoms with E-state index in [9.17, 15) is 9.59 Å². The molecular weight excluding hydrogens is 458 g/mol. The summed E-state index contributed by atoms with van der Waals surface area (Å²) in [5.41, 5.74) is 1.58. The molecule has 170 valence electrons. The normalized spacial score (nSPS) is 15.4. The number of carbonyl (C=O) groups is 2. The number of carbonyl (C=O) groups excluding carboxylic acids is 2. The van der Waals surface area contributed by atoms with Crippen LogP contribution in [-0.2, 0) is 17.8 Å². The molecule has 0 bridgehead atoms. The van der Waals surface area contributed by atoms with Crippen LogP contribution in [0.3, 0.4) is 0 Å². The van der Waals surface area contributed by atoms with Gasteiger partial charge in [0, 0.05) is 48.1 Å². The Labute approximate surface area is 201 Å². The maximum Gasteiger partial charge on any atom is 0.325 e. The SMILES string of the molecule is O=C(CCc1cccs1)N1CCN(C(=O)N2Cc3ccccc3Oc3ccc(Cl)cc32)CC1. The first-order valence-corrected chi connectivity index (χ1v) is 12.3. The molecule has 6 nitrogen and oxygen atoms in total. The minimum absolute atomic E-state index is 0.107. The summed E-state index contributed by atoms with van der Waals surface area (Å²) in [5.74, 6) is 1.47. The lowest BCUT2D eigenvalue weighted by atomic mass is 10.2. The molecule has 1 aromatic heterocycles. The summed E-state index contributed by atoms with van der Waals surface area (Å²) in [6.45, 7) is 2.47. The highest BCUT2D eigenvalue weighted by Crippen LogP contribution is 2.40. The number of thiophene rings is 1. The number of urea groups is 1. The number of rotatable bonds is 3. The summed E-state index contributed by atoms with van der Waals surface area (Å²) < 4.78 is 6.11. The second-order valence-corrected chi connectivity index (χ2v) is 9.61. The average molecular weight is 482 g/mol. The van der Waals surface area contributed by atoms with E-state index in [0.717, 1.165) is 17.7 Å². The molecule has 0 radical (unpaired) electrons. The summed E-state index contributed by atoms with van der Waals surface area (Å²) in [6.07, 6.45) is 1.26. The highest BCUT2D eigenvalue weighted by atomic mass is 35.5. The van der Waals surface area contributed by atoms with Crippen LogP contribution in [0.15, 0.2) is 60.0 Å². The lowest BCUT2D eigenvalue weighted by molar-refractivity contribution is -0.132. The Morgan fingerprint density at radius 2 is 1.73 bits per heavy atom. The number of anilines is 1. The number of para-hydroxylation sites is 1. The average Bonchev–Trinajstić information content (AvgIpc) is 3.31. The molecule has 3 heterocycles. The Morgan fingerprint density at radius 3 is 2.52 bits per heavy atom. The zero-order valence-electron chi connectivity index (χ0n) is 18.1. The number of piperazine rings is 1. The largest absolute Gasteiger partial charge is 0.455 e. The molecule has 0 N–H and O–H groups in total. The van der Waals surface area contributed by atoms with Crippen LogP contribution in [0.5, 0.6) is 11.5 Å². The maximum atomic E-state index is 13.6. The van der Waals surface area contributed by atoms with E-state index in [-0.39, 0.29) is 11.9 Å². The Hall–Kier alpha value is -3.03. The standard InChI is InChI=1S/C25H24ClN3O3S/c26-19-7-9-23-21(16-19)29(17-18-4-1-2-6-22(18)32-23)25(31)28-13-11-27(12-14-28)24(30)10-8-20-5-3-15-33-20/h1-7,9,15-16H,8,10-14,17H2. The predicted octanol–water partition coefficient (Wildman–Crippen LogP) is 5.41. The summed E-state index contributed by atoms with van der Waals surface area (Å²) in [7, 11) is 0. The van der Waals surface area contributed by atoms with Crippen molar-refractivity contribution in [1.29, 1.82) is 0 Å². The number of aryl methyl sites for hydroxylation is 1. The molecule has 8 heteroatoms. The Balaban J connectivity index is 1.28. The van der Waals surface area contributed by atoms with Crippen LogP contribution >= 0.6 is 22.9 Å². The highest BCUT2D eigenvalue weighted by molar-refractivity contribution is 7.09. The smallest absolute Gasteiger partial charge is 0.325 e. The topological polar surface area (TPSA) is 53.1 Å². The second kappa shape index (κ2) is 9.45. The number of amides is 3. The lowest BCUT2D eigenvalue weighted by Crippen LogP contribution is -2.54. The number of fused-ring (bicyclic) bond motifs is 2. The number of benzene rings is 2. The quantitative estimate of drug-likeness (QED) is 0.502. The van der Waals surface area contributed by atoms with E-state index in [1.54, 1.807) is 34.4 Å². The summed E-state index contributed by atoms with van der Waals surface area (Å²) in [5, 5.41) is 2.57. The van der Waals surface area contributed by atoms with Crippen molar-refractivity contribution in [3.05, 3.63) is 75.4 Å². The molecule has 1 fully saturated rings. The van der Waals surface area contributed by atoms with Gasteiger partial charge >= 0.3 is 6.03 Å². The van der Waals surface area contributed by atoms with Gasteiger partial charge < -0.3 is 14.5 Å².